The molecule has 0 saturated heterocycles. The third-order valence-corrected chi connectivity index (χ3v) is 0.748. The normalized spacial score (nSPS) is 11.1. The van der Waals surface area contributed by atoms with E-state index >= 15 is 0 Å². The number of carbonyl (C=O) groups is 1. The Morgan fingerprint density at radius 1 is 1.43 bits per heavy atom. The zero-order valence-corrected chi connectivity index (χ0v) is 4.00. The number of carboxylic acid groups (broad SMARTS) is 1. The van der Waals surface area contributed by atoms with E-state index in [1.54, 1.807) is 0 Å². The lowest BCUT2D eigenvalue weighted by atomic mass is 13.4. The van der Waals surface area contributed by atoms with Crippen molar-refractivity contribution in [3.63, 3.8) is 0 Å². The van der Waals surface area contributed by atoms with Crippen LogP contribution < -0.4 is 0 Å². The molecule has 0 saturated carbocycles. The van der Waals surface area contributed by atoms with Crippen LogP contribution in [0.15, 0.2) is 0 Å². The van der Waals surface area contributed by atoms with E-state index in [1.165, 1.54) is 0 Å². The van der Waals surface area contributed by atoms with Gasteiger partial charge in [-0.25, -0.2) is 9.36 Å². The lowest BCUT2D eigenvalue weighted by Crippen LogP contribution is -1.90. The Bertz CT molecular complexity index is 120. The first kappa shape index (κ1) is 6.62. The molecule has 0 rings (SSSR count). The molecular formula is CH3O5P. The summed E-state index contributed by atoms with van der Waals surface area (Å²) in [7, 11) is -4.82. The van der Waals surface area contributed by atoms with Gasteiger partial charge in [-0.3, -0.25) is 0 Å². The summed E-state index contributed by atoms with van der Waals surface area (Å²) >= 11 is 0. The van der Waals surface area contributed by atoms with Crippen LogP contribution in [0.3, 0.4) is 0 Å². The standard InChI is InChI=1S/CH3O5P/c2-1(3)7(4,5)6/h(H,2,3)(H2,4,5,6)/i1+2. The predicted molar refractivity (Wildman–Crippen MR) is 20.1 cm³/mol. The molecule has 0 fully saturated rings. The molecule has 0 radical (unpaired) electrons. The average Bonchev–Trinajstić information content (AvgIpc) is 1.31. The summed E-state index contributed by atoms with van der Waals surface area (Å²) in [5.41, 5.74) is -2.09. The quantitative estimate of drug-likeness (QED) is 0.426. The van der Waals surface area contributed by atoms with E-state index in [9.17, 15) is 9.36 Å². The molecule has 5 nitrogen and oxygen atoms in total. The van der Waals surface area contributed by atoms with E-state index in [1.807, 2.05) is 0 Å². The molecule has 0 aliphatic rings. The van der Waals surface area contributed by atoms with Gasteiger partial charge in [0.2, 0.25) is 0 Å². The largest absolute Gasteiger partial charge is 0.472 e. The zero-order valence-electron chi connectivity index (χ0n) is 3.11. The van der Waals surface area contributed by atoms with E-state index in [-0.39, 0.29) is 0 Å². The Morgan fingerprint density at radius 3 is 1.57 bits per heavy atom. The second kappa shape index (κ2) is 1.61. The molecule has 3 N–H and O–H groups in total. The summed E-state index contributed by atoms with van der Waals surface area (Å²) in [4.78, 5) is 24.5. The fourth-order valence-electron chi connectivity index (χ4n) is 0. The molecule has 0 spiro atoms. The van der Waals surface area contributed by atoms with Crippen LogP contribution in [0.25, 0.3) is 0 Å². The molecule has 7 heavy (non-hydrogen) atoms. The van der Waals surface area contributed by atoms with E-state index < -0.39 is 13.3 Å². The van der Waals surface area contributed by atoms with Crippen molar-refractivity contribution in [2.24, 2.45) is 0 Å². The zero-order chi connectivity index (χ0) is 6.08. The Labute approximate surface area is 38.7 Å². The summed E-state index contributed by atoms with van der Waals surface area (Å²) < 4.78 is 9.43. The first-order valence-corrected chi connectivity index (χ1v) is 2.85. The summed E-state index contributed by atoms with van der Waals surface area (Å²) in [6.07, 6.45) is 0. The number of hydrogen-bond donors (Lipinski definition) is 3. The minimum Gasteiger partial charge on any atom is -0.472 e. The van der Waals surface area contributed by atoms with Gasteiger partial charge in [-0.2, -0.15) is 0 Å². The number of hydrogen-bond acceptors (Lipinski definition) is 2. The Morgan fingerprint density at radius 2 is 1.57 bits per heavy atom. The van der Waals surface area contributed by atoms with Gasteiger partial charge in [-0.05, 0) is 0 Å². The van der Waals surface area contributed by atoms with Gasteiger partial charge >= 0.3 is 13.3 Å². The molecule has 0 aromatic carbocycles. The van der Waals surface area contributed by atoms with E-state index in [0.717, 1.165) is 0 Å². The van der Waals surface area contributed by atoms with Gasteiger partial charge in [-0.1, -0.05) is 0 Å². The molecular weight excluding hydrogens is 125 g/mol. The molecule has 6 heteroatoms. The Balaban J connectivity index is 4.09. The van der Waals surface area contributed by atoms with Crippen LogP contribution in [0.5, 0.6) is 0 Å². The topological polar surface area (TPSA) is 94.8 Å². The minimum absolute atomic E-state index is 2.09. The summed E-state index contributed by atoms with van der Waals surface area (Å²) in [6, 6.07) is 0. The minimum atomic E-state index is -4.82. The van der Waals surface area contributed by atoms with E-state index in [0.29, 0.717) is 0 Å². The van der Waals surface area contributed by atoms with Crippen LogP contribution in [-0.2, 0) is 4.57 Å². The summed E-state index contributed by atoms with van der Waals surface area (Å²) in [5.74, 6) is 0. The summed E-state index contributed by atoms with van der Waals surface area (Å²) in [5, 5.41) is 7.49. The van der Waals surface area contributed by atoms with Gasteiger partial charge in [0.25, 0.3) is 0 Å². The van der Waals surface area contributed by atoms with Crippen molar-refractivity contribution in [2.75, 3.05) is 0 Å². The Hall–Kier alpha value is -0.380. The van der Waals surface area contributed by atoms with Gasteiger partial charge in [0, 0.05) is 0 Å². The van der Waals surface area contributed by atoms with Crippen molar-refractivity contribution < 1.29 is 24.3 Å². The van der Waals surface area contributed by atoms with Crippen molar-refractivity contribution in [1.29, 1.82) is 0 Å². The number of rotatable bonds is 1. The molecule has 0 unspecified atom stereocenters. The fraction of sp³-hybridized carbons (Fsp3) is 0. The average molecular weight is 128 g/mol. The van der Waals surface area contributed by atoms with Gasteiger partial charge in [0.15, 0.2) is 0 Å². The van der Waals surface area contributed by atoms with Gasteiger partial charge in [0.05, 0.1) is 0 Å². The first-order chi connectivity index (χ1) is 2.94. The van der Waals surface area contributed by atoms with Crippen molar-refractivity contribution >= 4 is 13.3 Å². The van der Waals surface area contributed by atoms with Crippen molar-refractivity contribution in [3.05, 3.63) is 0 Å². The van der Waals surface area contributed by atoms with Crippen LogP contribution in [-0.4, -0.2) is 20.6 Å². The fourth-order valence-corrected chi connectivity index (χ4v) is 0. The molecule has 0 aromatic rings. The highest BCUT2D eigenvalue weighted by atomic mass is 31.2. The highest BCUT2D eigenvalue weighted by Crippen LogP contribution is 2.34. The molecule has 0 bridgehead atoms. The van der Waals surface area contributed by atoms with Crippen molar-refractivity contribution in [1.82, 2.24) is 0 Å². The third-order valence-electron chi connectivity index (χ3n) is 0.249. The molecule has 0 atom stereocenters. The predicted octanol–water partition coefficient (Wildman–Crippen LogP) is -0.158. The maximum Gasteiger partial charge on any atom is 0.433 e. The molecule has 0 amide bonds. The highest BCUT2D eigenvalue weighted by molar-refractivity contribution is 7.69. The maximum atomic E-state index is 9.43. The van der Waals surface area contributed by atoms with Crippen molar-refractivity contribution in [3.8, 4) is 0 Å². The van der Waals surface area contributed by atoms with Crippen LogP contribution in [0.4, 0.5) is 4.79 Å². The summed E-state index contributed by atoms with van der Waals surface area (Å²) in [6.45, 7) is 0. The van der Waals surface area contributed by atoms with Gasteiger partial charge < -0.3 is 14.9 Å². The van der Waals surface area contributed by atoms with Gasteiger partial charge in [-0.15, -0.1) is 0 Å². The van der Waals surface area contributed by atoms with E-state index in [2.05, 4.69) is 0 Å². The van der Waals surface area contributed by atoms with E-state index in [4.69, 9.17) is 14.9 Å². The van der Waals surface area contributed by atoms with Crippen LogP contribution >= 0.6 is 7.60 Å². The molecule has 0 aliphatic carbocycles. The lowest BCUT2D eigenvalue weighted by Gasteiger charge is -1.90. The molecule has 0 aromatic heterocycles. The maximum absolute atomic E-state index is 9.43. The first-order valence-electron chi connectivity index (χ1n) is 1.23. The Kier molecular flexibility index (Phi) is 1.53. The highest BCUT2D eigenvalue weighted by Gasteiger charge is 2.23. The van der Waals surface area contributed by atoms with Crippen molar-refractivity contribution in [2.45, 2.75) is 0 Å². The lowest BCUT2D eigenvalue weighted by molar-refractivity contribution is 0.208. The van der Waals surface area contributed by atoms with Crippen LogP contribution in [0.2, 0.25) is 0 Å². The second-order valence-electron chi connectivity index (χ2n) is 0.827. The van der Waals surface area contributed by atoms with Crippen LogP contribution in [0.1, 0.15) is 0 Å². The molecule has 42 valence electrons. The monoisotopic (exact) mass is 128 g/mol. The smallest absolute Gasteiger partial charge is 0.433 e. The molecule has 0 aliphatic heterocycles. The van der Waals surface area contributed by atoms with Crippen LogP contribution in [0, 0.1) is 0 Å². The van der Waals surface area contributed by atoms with Gasteiger partial charge in [0.1, 0.15) is 0 Å². The molecule has 0 heterocycles. The SMILES string of the molecule is O=[14C](O)P(=O)(O)O. The third kappa shape index (κ3) is 2.33. The second-order valence-corrected chi connectivity index (χ2v) is 2.30.